The zero-order valence-corrected chi connectivity index (χ0v) is 15.5. The highest BCUT2D eigenvalue weighted by atomic mass is 14.2. The number of hydrogen-bond donors (Lipinski definition) is 0. The number of hydrogen-bond acceptors (Lipinski definition) is 0. The molecule has 0 amide bonds. The monoisotopic (exact) mass is 322 g/mol. The van der Waals surface area contributed by atoms with Gasteiger partial charge in [0.1, 0.15) is 0 Å². The molecule has 0 aromatic rings. The van der Waals surface area contributed by atoms with Crippen molar-refractivity contribution >= 4 is 0 Å². The van der Waals surface area contributed by atoms with Gasteiger partial charge < -0.3 is 0 Å². The second-order valence-corrected chi connectivity index (χ2v) is 9.10. The first-order valence-corrected chi connectivity index (χ1v) is 9.07. The summed E-state index contributed by atoms with van der Waals surface area (Å²) in [5, 5.41) is 0. The summed E-state index contributed by atoms with van der Waals surface area (Å²) < 4.78 is 0. The molecule has 0 bridgehead atoms. The van der Waals surface area contributed by atoms with E-state index in [1.54, 1.807) is 11.1 Å². The highest BCUT2D eigenvalue weighted by molar-refractivity contribution is 5.10. The van der Waals surface area contributed by atoms with Crippen LogP contribution in [0.4, 0.5) is 0 Å². The summed E-state index contributed by atoms with van der Waals surface area (Å²) >= 11 is 0. The van der Waals surface area contributed by atoms with Gasteiger partial charge in [-0.2, -0.15) is 0 Å². The summed E-state index contributed by atoms with van der Waals surface area (Å²) in [7, 11) is 0. The summed E-state index contributed by atoms with van der Waals surface area (Å²) in [5.41, 5.74) is 4.18. The average Bonchev–Trinajstić information content (AvgIpc) is 2.79. The molecule has 0 aromatic heterocycles. The minimum absolute atomic E-state index is 0. The first kappa shape index (κ1) is 24.7. The van der Waals surface area contributed by atoms with Gasteiger partial charge in [0.15, 0.2) is 0 Å². The number of allylic oxidation sites excluding steroid dienone is 4. The Bertz CT molecular complexity index is 338. The van der Waals surface area contributed by atoms with Crippen LogP contribution in [-0.4, -0.2) is 0 Å². The van der Waals surface area contributed by atoms with Crippen molar-refractivity contribution in [1.29, 1.82) is 0 Å². The molecule has 2 aliphatic carbocycles. The maximum atomic E-state index is 2.46. The number of rotatable bonds is 0. The van der Waals surface area contributed by atoms with Gasteiger partial charge in [-0.1, -0.05) is 86.1 Å². The fraction of sp³-hybridized carbons (Fsp3) is 0.826. The second-order valence-electron chi connectivity index (χ2n) is 9.10. The van der Waals surface area contributed by atoms with Crippen molar-refractivity contribution in [3.05, 3.63) is 23.3 Å². The van der Waals surface area contributed by atoms with Gasteiger partial charge in [-0.05, 0) is 62.2 Å². The van der Waals surface area contributed by atoms with Crippen LogP contribution in [0.1, 0.15) is 114 Å². The molecule has 0 saturated heterocycles. The average molecular weight is 323 g/mol. The molecule has 2 saturated carbocycles. The lowest BCUT2D eigenvalue weighted by Crippen LogP contribution is -2.03. The Morgan fingerprint density at radius 3 is 1.04 bits per heavy atom. The van der Waals surface area contributed by atoms with Crippen molar-refractivity contribution in [2.45, 2.75) is 114 Å². The summed E-state index contributed by atoms with van der Waals surface area (Å²) in [5.74, 6) is 0. The van der Waals surface area contributed by atoms with Gasteiger partial charge in [0.2, 0.25) is 0 Å². The Morgan fingerprint density at radius 2 is 0.783 bits per heavy atom. The topological polar surface area (TPSA) is 0 Å². The van der Waals surface area contributed by atoms with E-state index in [0.717, 1.165) is 0 Å². The van der Waals surface area contributed by atoms with Crippen LogP contribution in [-0.2, 0) is 0 Å². The Morgan fingerprint density at radius 1 is 0.522 bits per heavy atom. The largest absolute Gasteiger partial charge is 0.0799 e. The van der Waals surface area contributed by atoms with Gasteiger partial charge in [0.05, 0.1) is 0 Å². The van der Waals surface area contributed by atoms with Crippen LogP contribution in [0.25, 0.3) is 0 Å². The smallest absolute Gasteiger partial charge is 0.0200 e. The Balaban J connectivity index is 0. The predicted octanol–water partition coefficient (Wildman–Crippen LogP) is 8.73. The van der Waals surface area contributed by atoms with Gasteiger partial charge in [-0.25, -0.2) is 0 Å². The fourth-order valence-electron chi connectivity index (χ4n) is 3.35. The van der Waals surface area contributed by atoms with Crippen molar-refractivity contribution in [1.82, 2.24) is 0 Å². The molecule has 0 radical (unpaired) electrons. The molecule has 0 N–H and O–H groups in total. The van der Waals surface area contributed by atoms with Gasteiger partial charge in [0.25, 0.3) is 0 Å². The van der Waals surface area contributed by atoms with Crippen LogP contribution >= 0.6 is 0 Å². The van der Waals surface area contributed by atoms with Crippen LogP contribution in [0.15, 0.2) is 23.3 Å². The molecule has 23 heavy (non-hydrogen) atoms. The molecule has 0 aromatic carbocycles. The van der Waals surface area contributed by atoms with Gasteiger partial charge >= 0.3 is 0 Å². The molecule has 2 rings (SSSR count). The van der Waals surface area contributed by atoms with Crippen LogP contribution < -0.4 is 0 Å². The highest BCUT2D eigenvalue weighted by Gasteiger charge is 2.12. The predicted molar refractivity (Wildman–Crippen MR) is 110 cm³/mol. The molecule has 0 heterocycles. The second kappa shape index (κ2) is 11.1. The summed E-state index contributed by atoms with van der Waals surface area (Å²) in [4.78, 5) is 0. The standard InChI is InChI=1S/C11H20.C10H18.2CH4/c1-11(2,3)9-10-7-5-4-6-8-10;1-10(2,3)8-9-6-4-5-7-9;;/h9H,4-8H2,1-3H3;8H,4-7H2,1-3H3;2*1H4. The van der Waals surface area contributed by atoms with Crippen LogP contribution in [0, 0.1) is 10.8 Å². The Labute approximate surface area is 148 Å². The molecule has 2 fully saturated rings. The lowest BCUT2D eigenvalue weighted by atomic mass is 9.87. The van der Waals surface area contributed by atoms with Gasteiger partial charge in [0, 0.05) is 0 Å². The molecule has 0 spiro atoms. The van der Waals surface area contributed by atoms with Crippen molar-refractivity contribution in [2.75, 3.05) is 0 Å². The molecule has 138 valence electrons. The lowest BCUT2D eigenvalue weighted by molar-refractivity contribution is 0.518. The van der Waals surface area contributed by atoms with Crippen LogP contribution in [0.5, 0.6) is 0 Å². The molecule has 0 atom stereocenters. The van der Waals surface area contributed by atoms with Crippen molar-refractivity contribution in [3.63, 3.8) is 0 Å². The quantitative estimate of drug-likeness (QED) is 0.391. The summed E-state index contributed by atoms with van der Waals surface area (Å²) in [6.45, 7) is 13.7. The minimum atomic E-state index is 0. The summed E-state index contributed by atoms with van der Waals surface area (Å²) in [6, 6.07) is 0. The third-order valence-electron chi connectivity index (χ3n) is 4.02. The molecule has 0 unspecified atom stereocenters. The zero-order valence-electron chi connectivity index (χ0n) is 15.5. The first-order chi connectivity index (χ1) is 9.66. The Hall–Kier alpha value is -0.520. The van der Waals surface area contributed by atoms with E-state index in [1.165, 1.54) is 57.8 Å². The van der Waals surface area contributed by atoms with E-state index in [1.807, 2.05) is 0 Å². The lowest BCUT2D eigenvalue weighted by Gasteiger charge is -2.19. The van der Waals surface area contributed by atoms with E-state index in [9.17, 15) is 0 Å². The minimum Gasteiger partial charge on any atom is -0.0799 e. The molecular formula is C23H46. The molecule has 0 nitrogen and oxygen atoms in total. The molecule has 2 aliphatic rings. The van der Waals surface area contributed by atoms with Crippen LogP contribution in [0.3, 0.4) is 0 Å². The van der Waals surface area contributed by atoms with Crippen molar-refractivity contribution in [3.8, 4) is 0 Å². The van der Waals surface area contributed by atoms with Gasteiger partial charge in [-0.15, -0.1) is 0 Å². The van der Waals surface area contributed by atoms with E-state index < -0.39 is 0 Å². The van der Waals surface area contributed by atoms with E-state index in [2.05, 4.69) is 53.7 Å². The maximum Gasteiger partial charge on any atom is -0.0200 e. The molecule has 0 aliphatic heterocycles. The van der Waals surface area contributed by atoms with E-state index in [-0.39, 0.29) is 14.9 Å². The fourth-order valence-corrected chi connectivity index (χ4v) is 3.35. The third-order valence-corrected chi connectivity index (χ3v) is 4.02. The maximum absolute atomic E-state index is 2.46. The van der Waals surface area contributed by atoms with Crippen molar-refractivity contribution < 1.29 is 0 Å². The van der Waals surface area contributed by atoms with Crippen molar-refractivity contribution in [2.24, 2.45) is 10.8 Å². The molecule has 0 heteroatoms. The Kier molecular flexibility index (Phi) is 11.9. The summed E-state index contributed by atoms with van der Waals surface area (Å²) in [6.07, 6.45) is 17.5. The van der Waals surface area contributed by atoms with E-state index >= 15 is 0 Å². The van der Waals surface area contributed by atoms with E-state index in [0.29, 0.717) is 10.8 Å². The first-order valence-electron chi connectivity index (χ1n) is 9.07. The zero-order chi connectivity index (χ0) is 15.9. The van der Waals surface area contributed by atoms with Gasteiger partial charge in [-0.3, -0.25) is 0 Å². The van der Waals surface area contributed by atoms with E-state index in [4.69, 9.17) is 0 Å². The highest BCUT2D eigenvalue weighted by Crippen LogP contribution is 2.29. The molecular weight excluding hydrogens is 276 g/mol. The third kappa shape index (κ3) is 13.6. The SMILES string of the molecule is C.C.CC(C)(C)C=C1CCCC1.CC(C)(C)C=C1CCCCC1. The van der Waals surface area contributed by atoms with Crippen LogP contribution in [0.2, 0.25) is 0 Å². The normalized spacial score (nSPS) is 18.2.